The molecule has 0 atom stereocenters. The summed E-state index contributed by atoms with van der Waals surface area (Å²) in [5.41, 5.74) is 1.65. The summed E-state index contributed by atoms with van der Waals surface area (Å²) in [7, 11) is 0. The first-order chi connectivity index (χ1) is 8.88. The van der Waals surface area contributed by atoms with Gasteiger partial charge in [-0.2, -0.15) is 0 Å². The molecular weight excluding hydrogens is 315 g/mol. The van der Waals surface area contributed by atoms with Crippen LogP contribution in [-0.4, -0.2) is 10.9 Å². The molecule has 2 rings (SSSR count). The van der Waals surface area contributed by atoms with E-state index >= 15 is 0 Å². The fraction of sp³-hybridized carbons (Fsp3) is 0.231. The molecule has 100 valence electrons. The standard InChI is InChI=1S/C13H12BrFN2O2/c1-6-4-9(14)10(15)5-11(6)17-13(18)12-7(2)16-8(3)19-12/h4-5H,1-3H3,(H,17,18). The van der Waals surface area contributed by atoms with Crippen molar-refractivity contribution in [3.63, 3.8) is 0 Å². The number of carbonyl (C=O) groups is 1. The summed E-state index contributed by atoms with van der Waals surface area (Å²) in [6, 6.07) is 2.86. The predicted octanol–water partition coefficient (Wildman–Crippen LogP) is 3.75. The van der Waals surface area contributed by atoms with Crippen molar-refractivity contribution in [2.45, 2.75) is 20.8 Å². The van der Waals surface area contributed by atoms with Gasteiger partial charge >= 0.3 is 0 Å². The number of carbonyl (C=O) groups excluding carboxylic acids is 1. The Bertz CT molecular complexity index is 652. The Morgan fingerprint density at radius 1 is 1.37 bits per heavy atom. The molecule has 1 aromatic heterocycles. The quantitative estimate of drug-likeness (QED) is 0.914. The van der Waals surface area contributed by atoms with Crippen molar-refractivity contribution in [3.8, 4) is 0 Å². The third kappa shape index (κ3) is 2.84. The monoisotopic (exact) mass is 326 g/mol. The average molecular weight is 327 g/mol. The number of benzene rings is 1. The van der Waals surface area contributed by atoms with Gasteiger partial charge in [-0.15, -0.1) is 0 Å². The molecule has 0 saturated heterocycles. The number of rotatable bonds is 2. The van der Waals surface area contributed by atoms with Crippen LogP contribution in [0.15, 0.2) is 21.0 Å². The number of anilines is 1. The van der Waals surface area contributed by atoms with Gasteiger partial charge in [0.25, 0.3) is 5.91 Å². The number of halogens is 2. The lowest BCUT2D eigenvalue weighted by Crippen LogP contribution is -2.13. The molecule has 1 aromatic carbocycles. The van der Waals surface area contributed by atoms with E-state index < -0.39 is 11.7 Å². The number of nitrogens with zero attached hydrogens (tertiary/aromatic N) is 1. The molecule has 4 nitrogen and oxygen atoms in total. The molecule has 0 aliphatic rings. The highest BCUT2D eigenvalue weighted by atomic mass is 79.9. The van der Waals surface area contributed by atoms with Crippen LogP contribution < -0.4 is 5.32 Å². The number of aryl methyl sites for hydroxylation is 3. The number of oxazole rings is 1. The Morgan fingerprint density at radius 2 is 2.05 bits per heavy atom. The van der Waals surface area contributed by atoms with E-state index in [1.165, 1.54) is 6.07 Å². The van der Waals surface area contributed by atoms with Crippen LogP contribution in [-0.2, 0) is 0 Å². The zero-order valence-corrected chi connectivity index (χ0v) is 12.3. The summed E-state index contributed by atoms with van der Waals surface area (Å²) < 4.78 is 19.0. The fourth-order valence-corrected chi connectivity index (χ4v) is 2.16. The Labute approximate surface area is 118 Å². The highest BCUT2D eigenvalue weighted by molar-refractivity contribution is 9.10. The van der Waals surface area contributed by atoms with E-state index in [9.17, 15) is 9.18 Å². The van der Waals surface area contributed by atoms with Crippen LogP contribution in [0.1, 0.15) is 27.7 Å². The first-order valence-corrected chi connectivity index (χ1v) is 6.39. The lowest BCUT2D eigenvalue weighted by molar-refractivity contribution is 0.0994. The summed E-state index contributed by atoms with van der Waals surface area (Å²) in [4.78, 5) is 16.0. The van der Waals surface area contributed by atoms with E-state index in [-0.39, 0.29) is 5.76 Å². The van der Waals surface area contributed by atoms with E-state index in [0.717, 1.165) is 5.56 Å². The second kappa shape index (κ2) is 5.13. The van der Waals surface area contributed by atoms with Crippen LogP contribution in [0.2, 0.25) is 0 Å². The van der Waals surface area contributed by atoms with Crippen molar-refractivity contribution in [3.05, 3.63) is 45.3 Å². The van der Waals surface area contributed by atoms with Crippen LogP contribution in [0.3, 0.4) is 0 Å². The summed E-state index contributed by atoms with van der Waals surface area (Å²) in [5.74, 6) is -0.323. The van der Waals surface area contributed by atoms with Crippen molar-refractivity contribution in [1.82, 2.24) is 4.98 Å². The van der Waals surface area contributed by atoms with Crippen molar-refractivity contribution < 1.29 is 13.6 Å². The topological polar surface area (TPSA) is 55.1 Å². The van der Waals surface area contributed by atoms with Gasteiger partial charge in [0, 0.05) is 12.6 Å². The van der Waals surface area contributed by atoms with Crippen LogP contribution in [0, 0.1) is 26.6 Å². The first kappa shape index (κ1) is 13.7. The minimum atomic E-state index is -0.442. The van der Waals surface area contributed by atoms with Gasteiger partial charge < -0.3 is 9.73 Å². The van der Waals surface area contributed by atoms with Crippen LogP contribution in [0.25, 0.3) is 0 Å². The lowest BCUT2D eigenvalue weighted by atomic mass is 10.2. The summed E-state index contributed by atoms with van der Waals surface area (Å²) in [6.45, 7) is 5.12. The highest BCUT2D eigenvalue weighted by Crippen LogP contribution is 2.24. The van der Waals surface area contributed by atoms with E-state index in [2.05, 4.69) is 26.2 Å². The SMILES string of the molecule is Cc1nc(C)c(C(=O)Nc2cc(F)c(Br)cc2C)o1. The van der Waals surface area contributed by atoms with E-state index in [1.54, 1.807) is 26.8 Å². The van der Waals surface area contributed by atoms with Crippen LogP contribution in [0.5, 0.6) is 0 Å². The number of amides is 1. The summed E-state index contributed by atoms with van der Waals surface area (Å²) in [5, 5.41) is 2.62. The maximum Gasteiger partial charge on any atom is 0.293 e. The van der Waals surface area contributed by atoms with E-state index in [1.807, 2.05) is 0 Å². The van der Waals surface area contributed by atoms with Gasteiger partial charge in [0.1, 0.15) is 5.82 Å². The van der Waals surface area contributed by atoms with Gasteiger partial charge in [-0.1, -0.05) is 0 Å². The zero-order chi connectivity index (χ0) is 14.2. The Hall–Kier alpha value is -1.69. The molecule has 0 fully saturated rings. The highest BCUT2D eigenvalue weighted by Gasteiger charge is 2.17. The minimum Gasteiger partial charge on any atom is -0.436 e. The average Bonchev–Trinajstić information content (AvgIpc) is 2.65. The zero-order valence-electron chi connectivity index (χ0n) is 10.7. The van der Waals surface area contributed by atoms with E-state index in [0.29, 0.717) is 21.7 Å². The lowest BCUT2D eigenvalue weighted by Gasteiger charge is -2.08. The van der Waals surface area contributed by atoms with Gasteiger partial charge in [0.2, 0.25) is 5.76 Å². The third-order valence-corrected chi connectivity index (χ3v) is 3.23. The summed E-state index contributed by atoms with van der Waals surface area (Å²) in [6.07, 6.45) is 0. The molecule has 19 heavy (non-hydrogen) atoms. The Balaban J connectivity index is 2.29. The number of hydrogen-bond donors (Lipinski definition) is 1. The van der Waals surface area contributed by atoms with Crippen LogP contribution >= 0.6 is 15.9 Å². The molecular formula is C13H12BrFN2O2. The van der Waals surface area contributed by atoms with Gasteiger partial charge in [-0.25, -0.2) is 9.37 Å². The molecule has 1 N–H and O–H groups in total. The molecule has 0 aliphatic heterocycles. The van der Waals surface area contributed by atoms with Gasteiger partial charge in [0.15, 0.2) is 5.89 Å². The van der Waals surface area contributed by atoms with Crippen molar-refractivity contribution >= 4 is 27.5 Å². The molecule has 1 amide bonds. The molecule has 0 spiro atoms. The number of hydrogen-bond acceptors (Lipinski definition) is 3. The second-order valence-electron chi connectivity index (χ2n) is 4.18. The molecule has 0 unspecified atom stereocenters. The molecule has 2 aromatic rings. The van der Waals surface area contributed by atoms with Crippen molar-refractivity contribution in [1.29, 1.82) is 0 Å². The van der Waals surface area contributed by atoms with Crippen molar-refractivity contribution in [2.75, 3.05) is 5.32 Å². The Morgan fingerprint density at radius 3 is 2.63 bits per heavy atom. The van der Waals surface area contributed by atoms with Gasteiger partial charge in [-0.05, 0) is 47.5 Å². The molecule has 1 heterocycles. The largest absolute Gasteiger partial charge is 0.436 e. The minimum absolute atomic E-state index is 0.139. The summed E-state index contributed by atoms with van der Waals surface area (Å²) >= 11 is 3.09. The molecule has 6 heteroatoms. The molecule has 0 saturated carbocycles. The first-order valence-electron chi connectivity index (χ1n) is 5.59. The fourth-order valence-electron chi connectivity index (χ4n) is 1.70. The van der Waals surface area contributed by atoms with Crippen molar-refractivity contribution in [2.24, 2.45) is 0 Å². The predicted molar refractivity (Wildman–Crippen MR) is 72.8 cm³/mol. The van der Waals surface area contributed by atoms with Crippen LogP contribution in [0.4, 0.5) is 10.1 Å². The molecule has 0 aliphatic carbocycles. The smallest absolute Gasteiger partial charge is 0.293 e. The molecule has 0 bridgehead atoms. The normalized spacial score (nSPS) is 10.6. The van der Waals surface area contributed by atoms with Gasteiger partial charge in [-0.3, -0.25) is 4.79 Å². The maximum atomic E-state index is 13.5. The van der Waals surface area contributed by atoms with E-state index in [4.69, 9.17) is 4.42 Å². The van der Waals surface area contributed by atoms with Gasteiger partial charge in [0.05, 0.1) is 10.2 Å². The Kier molecular flexibility index (Phi) is 3.71. The molecule has 0 radical (unpaired) electrons. The third-order valence-electron chi connectivity index (χ3n) is 2.63. The number of nitrogens with one attached hydrogen (secondary N) is 1. The second-order valence-corrected chi connectivity index (χ2v) is 5.04. The number of aromatic nitrogens is 1. The maximum absolute atomic E-state index is 13.5.